The Morgan fingerprint density at radius 3 is 2.60 bits per heavy atom. The molecular formula is C14H18N2O3S. The summed E-state index contributed by atoms with van der Waals surface area (Å²) in [5.74, 6) is 0.448. The minimum absolute atomic E-state index is 0.0947. The van der Waals surface area contributed by atoms with E-state index in [1.54, 1.807) is 6.07 Å². The third-order valence-electron chi connectivity index (χ3n) is 3.05. The van der Waals surface area contributed by atoms with Gasteiger partial charge in [0.15, 0.2) is 0 Å². The fraction of sp³-hybridized carbons (Fsp3) is 0.286. The highest BCUT2D eigenvalue weighted by Crippen LogP contribution is 2.13. The first-order valence-corrected chi connectivity index (χ1v) is 7.84. The number of rotatable bonds is 6. The van der Waals surface area contributed by atoms with Crippen molar-refractivity contribution >= 4 is 10.0 Å². The maximum atomic E-state index is 12.0. The Hall–Kier alpha value is -1.63. The molecule has 0 atom stereocenters. The van der Waals surface area contributed by atoms with E-state index >= 15 is 0 Å². The summed E-state index contributed by atoms with van der Waals surface area (Å²) in [5.41, 5.74) is 7.66. The van der Waals surface area contributed by atoms with Crippen LogP contribution in [0.5, 0.6) is 0 Å². The first kappa shape index (κ1) is 14.8. The second-order valence-corrected chi connectivity index (χ2v) is 6.20. The third-order valence-corrected chi connectivity index (χ3v) is 4.38. The van der Waals surface area contributed by atoms with Gasteiger partial charge in [-0.05, 0) is 36.6 Å². The summed E-state index contributed by atoms with van der Waals surface area (Å²) in [6, 6.07) is 10.9. The highest BCUT2D eigenvalue weighted by Gasteiger charge is 2.17. The third kappa shape index (κ3) is 3.47. The van der Waals surface area contributed by atoms with Gasteiger partial charge in [0.2, 0.25) is 5.09 Å². The zero-order valence-electron chi connectivity index (χ0n) is 11.3. The Balaban J connectivity index is 1.98. The molecule has 0 saturated heterocycles. The van der Waals surface area contributed by atoms with Crippen LogP contribution in [0.15, 0.2) is 45.9 Å². The standard InChI is InChI=1S/C14H18N2O3S/c1-11-4-2-3-5-12(11)8-9-16-20(17,18)14-7-6-13(10-15)19-14/h2-7,16H,8-10,15H2,1H3. The predicted molar refractivity (Wildman–Crippen MR) is 76.7 cm³/mol. The average molecular weight is 294 g/mol. The molecule has 0 spiro atoms. The zero-order valence-corrected chi connectivity index (χ0v) is 12.1. The maximum Gasteiger partial charge on any atom is 0.273 e. The second kappa shape index (κ2) is 6.21. The predicted octanol–water partition coefficient (Wildman–Crippen LogP) is 1.57. The molecule has 20 heavy (non-hydrogen) atoms. The van der Waals surface area contributed by atoms with E-state index in [1.807, 2.05) is 31.2 Å². The van der Waals surface area contributed by atoms with Crippen molar-refractivity contribution in [2.75, 3.05) is 6.54 Å². The van der Waals surface area contributed by atoms with Gasteiger partial charge in [0.05, 0.1) is 6.54 Å². The first-order valence-electron chi connectivity index (χ1n) is 6.36. The Kier molecular flexibility index (Phi) is 4.59. The van der Waals surface area contributed by atoms with Crippen LogP contribution in [-0.2, 0) is 23.0 Å². The number of hydrogen-bond donors (Lipinski definition) is 2. The molecule has 0 unspecified atom stereocenters. The maximum absolute atomic E-state index is 12.0. The molecule has 2 aromatic rings. The number of hydrogen-bond acceptors (Lipinski definition) is 4. The van der Waals surface area contributed by atoms with Crippen molar-refractivity contribution in [1.82, 2.24) is 4.72 Å². The van der Waals surface area contributed by atoms with E-state index in [-0.39, 0.29) is 11.6 Å². The molecule has 6 heteroatoms. The quantitative estimate of drug-likeness (QED) is 0.847. The molecule has 0 bridgehead atoms. The molecule has 0 aliphatic carbocycles. The van der Waals surface area contributed by atoms with Gasteiger partial charge in [0.1, 0.15) is 5.76 Å². The van der Waals surface area contributed by atoms with Crippen molar-refractivity contribution in [3.05, 3.63) is 53.3 Å². The lowest BCUT2D eigenvalue weighted by molar-refractivity contribution is 0.413. The van der Waals surface area contributed by atoms with Crippen molar-refractivity contribution in [2.45, 2.75) is 25.0 Å². The van der Waals surface area contributed by atoms with Crippen molar-refractivity contribution in [2.24, 2.45) is 5.73 Å². The summed E-state index contributed by atoms with van der Waals surface area (Å²) in [5, 5.41) is -0.0947. The molecule has 2 rings (SSSR count). The monoisotopic (exact) mass is 294 g/mol. The van der Waals surface area contributed by atoms with E-state index in [1.165, 1.54) is 6.07 Å². The van der Waals surface area contributed by atoms with Crippen LogP contribution in [0.1, 0.15) is 16.9 Å². The van der Waals surface area contributed by atoms with Crippen LogP contribution in [0.4, 0.5) is 0 Å². The van der Waals surface area contributed by atoms with Crippen LogP contribution in [0.2, 0.25) is 0 Å². The minimum atomic E-state index is -3.60. The molecule has 0 amide bonds. The summed E-state index contributed by atoms with van der Waals surface area (Å²) in [7, 11) is -3.60. The van der Waals surface area contributed by atoms with Gasteiger partial charge >= 0.3 is 0 Å². The number of aryl methyl sites for hydroxylation is 1. The van der Waals surface area contributed by atoms with E-state index in [0.717, 1.165) is 11.1 Å². The molecule has 0 saturated carbocycles. The lowest BCUT2D eigenvalue weighted by atomic mass is 10.1. The SMILES string of the molecule is Cc1ccccc1CCNS(=O)(=O)c1ccc(CN)o1. The normalized spacial score (nSPS) is 11.7. The summed E-state index contributed by atoms with van der Waals surface area (Å²) in [6.07, 6.45) is 0.635. The topological polar surface area (TPSA) is 85.3 Å². The molecule has 0 aliphatic rings. The molecule has 1 aromatic carbocycles. The number of furan rings is 1. The van der Waals surface area contributed by atoms with Crippen molar-refractivity contribution in [1.29, 1.82) is 0 Å². The largest absolute Gasteiger partial charge is 0.447 e. The van der Waals surface area contributed by atoms with Gasteiger partial charge in [0.25, 0.3) is 10.0 Å². The summed E-state index contributed by atoms with van der Waals surface area (Å²) < 4.78 is 31.7. The van der Waals surface area contributed by atoms with Gasteiger partial charge < -0.3 is 10.2 Å². The van der Waals surface area contributed by atoms with Crippen LogP contribution in [0, 0.1) is 6.92 Å². The fourth-order valence-electron chi connectivity index (χ4n) is 1.89. The van der Waals surface area contributed by atoms with Crippen LogP contribution < -0.4 is 10.5 Å². The molecule has 0 fully saturated rings. The molecular weight excluding hydrogens is 276 g/mol. The van der Waals surface area contributed by atoms with Crippen molar-refractivity contribution in [3.8, 4) is 0 Å². The zero-order chi connectivity index (χ0) is 14.6. The number of nitrogens with two attached hydrogens (primary N) is 1. The summed E-state index contributed by atoms with van der Waals surface area (Å²) in [6.45, 7) is 2.51. The van der Waals surface area contributed by atoms with E-state index in [4.69, 9.17) is 10.2 Å². The number of sulfonamides is 1. The van der Waals surface area contributed by atoms with Crippen LogP contribution >= 0.6 is 0 Å². The molecule has 108 valence electrons. The molecule has 1 heterocycles. The Labute approximate surface area is 118 Å². The minimum Gasteiger partial charge on any atom is -0.447 e. The van der Waals surface area contributed by atoms with Crippen LogP contribution in [0.3, 0.4) is 0 Å². The van der Waals surface area contributed by atoms with Gasteiger partial charge in [0, 0.05) is 6.54 Å². The highest BCUT2D eigenvalue weighted by atomic mass is 32.2. The van der Waals surface area contributed by atoms with E-state index in [9.17, 15) is 8.42 Å². The van der Waals surface area contributed by atoms with Crippen LogP contribution in [0.25, 0.3) is 0 Å². The molecule has 0 radical (unpaired) electrons. The van der Waals surface area contributed by atoms with Gasteiger partial charge in [-0.25, -0.2) is 13.1 Å². The number of nitrogens with one attached hydrogen (secondary N) is 1. The molecule has 0 aliphatic heterocycles. The van der Waals surface area contributed by atoms with Gasteiger partial charge in [-0.15, -0.1) is 0 Å². The summed E-state index contributed by atoms with van der Waals surface area (Å²) in [4.78, 5) is 0. The molecule has 5 nitrogen and oxygen atoms in total. The molecule has 3 N–H and O–H groups in total. The van der Waals surface area contributed by atoms with Gasteiger partial charge in [-0.2, -0.15) is 0 Å². The van der Waals surface area contributed by atoms with Gasteiger partial charge in [-0.3, -0.25) is 0 Å². The average Bonchev–Trinajstić information content (AvgIpc) is 2.90. The van der Waals surface area contributed by atoms with E-state index in [0.29, 0.717) is 18.7 Å². The van der Waals surface area contributed by atoms with E-state index in [2.05, 4.69) is 4.72 Å². The number of benzene rings is 1. The van der Waals surface area contributed by atoms with Crippen molar-refractivity contribution in [3.63, 3.8) is 0 Å². The first-order chi connectivity index (χ1) is 9.53. The Bertz CT molecular complexity index is 677. The molecule has 1 aromatic heterocycles. The van der Waals surface area contributed by atoms with Gasteiger partial charge in [-0.1, -0.05) is 24.3 Å². The van der Waals surface area contributed by atoms with Crippen molar-refractivity contribution < 1.29 is 12.8 Å². The van der Waals surface area contributed by atoms with Crippen LogP contribution in [-0.4, -0.2) is 15.0 Å². The Morgan fingerprint density at radius 1 is 1.20 bits per heavy atom. The Morgan fingerprint density at radius 2 is 1.95 bits per heavy atom. The fourth-order valence-corrected chi connectivity index (χ4v) is 2.87. The van der Waals surface area contributed by atoms with E-state index < -0.39 is 10.0 Å². The lowest BCUT2D eigenvalue weighted by Gasteiger charge is -2.06. The smallest absolute Gasteiger partial charge is 0.273 e. The summed E-state index contributed by atoms with van der Waals surface area (Å²) >= 11 is 0. The lowest BCUT2D eigenvalue weighted by Crippen LogP contribution is -2.25. The second-order valence-electron chi connectivity index (χ2n) is 4.50. The highest BCUT2D eigenvalue weighted by molar-refractivity contribution is 7.89.